The highest BCUT2D eigenvalue weighted by atomic mass is 35.5. The molecule has 210 valence electrons. The number of ether oxygens (including phenoxy) is 1. The van der Waals surface area contributed by atoms with E-state index in [-0.39, 0.29) is 35.3 Å². The van der Waals surface area contributed by atoms with Crippen LogP contribution in [0.4, 0.5) is 30.6 Å². The first-order valence-corrected chi connectivity index (χ1v) is 12.7. The number of anilines is 2. The lowest BCUT2D eigenvalue weighted by Gasteiger charge is -2.29. The van der Waals surface area contributed by atoms with Crippen LogP contribution in [0.1, 0.15) is 36.9 Å². The molecule has 1 aliphatic carbocycles. The Morgan fingerprint density at radius 1 is 1.18 bits per heavy atom. The van der Waals surface area contributed by atoms with Crippen molar-refractivity contribution < 1.29 is 22.8 Å². The lowest BCUT2D eigenvalue weighted by atomic mass is 9.86. The molecule has 1 aromatic carbocycles. The Bertz CT molecular complexity index is 1280. The van der Waals surface area contributed by atoms with Gasteiger partial charge in [-0.05, 0) is 37.7 Å². The molecule has 0 atom stereocenters. The van der Waals surface area contributed by atoms with Crippen LogP contribution in [0.5, 0.6) is 5.75 Å². The van der Waals surface area contributed by atoms with E-state index >= 15 is 0 Å². The molecule has 2 heterocycles. The average Bonchev–Trinajstić information content (AvgIpc) is 3.21. The summed E-state index contributed by atoms with van der Waals surface area (Å²) in [5.41, 5.74) is 0.741. The first-order chi connectivity index (χ1) is 18.6. The van der Waals surface area contributed by atoms with Crippen LogP contribution in [0.3, 0.4) is 0 Å². The lowest BCUT2D eigenvalue weighted by molar-refractivity contribution is -0.384. The van der Waals surface area contributed by atoms with Gasteiger partial charge in [0.05, 0.1) is 15.6 Å². The van der Waals surface area contributed by atoms with Crippen molar-refractivity contribution in [3.05, 3.63) is 63.1 Å². The van der Waals surface area contributed by atoms with Crippen LogP contribution >= 0.6 is 11.6 Å². The molecule has 0 amide bonds. The van der Waals surface area contributed by atoms with E-state index in [4.69, 9.17) is 11.6 Å². The van der Waals surface area contributed by atoms with Crippen LogP contribution in [-0.4, -0.2) is 43.6 Å². The minimum Gasteiger partial charge on any atom is -0.405 e. The molecule has 0 spiro atoms. The molecule has 2 aromatic heterocycles. The quantitative estimate of drug-likeness (QED) is 0.215. The number of para-hydroxylation sites is 1. The second-order valence-electron chi connectivity index (χ2n) is 9.27. The number of nitrogens with zero attached hydrogens (tertiary/aromatic N) is 5. The van der Waals surface area contributed by atoms with Crippen LogP contribution in [0.15, 0.2) is 36.7 Å². The minimum atomic E-state index is -4.83. The molecule has 15 heteroatoms. The highest BCUT2D eigenvalue weighted by Crippen LogP contribution is 2.29. The van der Waals surface area contributed by atoms with E-state index in [9.17, 15) is 23.3 Å². The summed E-state index contributed by atoms with van der Waals surface area (Å²) in [6, 6.07) is 5.99. The van der Waals surface area contributed by atoms with Crippen molar-refractivity contribution in [1.82, 2.24) is 25.1 Å². The number of hydrogen-bond acceptors (Lipinski definition) is 9. The highest BCUT2D eigenvalue weighted by Gasteiger charge is 2.32. The maximum absolute atomic E-state index is 12.7. The molecule has 3 N–H and O–H groups in total. The fourth-order valence-corrected chi connectivity index (χ4v) is 4.70. The highest BCUT2D eigenvalue weighted by molar-refractivity contribution is 6.31. The molecule has 0 aliphatic heterocycles. The molecular weight excluding hydrogens is 541 g/mol. The van der Waals surface area contributed by atoms with Crippen molar-refractivity contribution in [2.75, 3.05) is 17.2 Å². The Morgan fingerprint density at radius 2 is 1.92 bits per heavy atom. The van der Waals surface area contributed by atoms with Crippen molar-refractivity contribution in [1.29, 1.82) is 0 Å². The average molecular weight is 569 g/mol. The van der Waals surface area contributed by atoms with Crippen molar-refractivity contribution in [3.8, 4) is 5.75 Å². The molecule has 0 unspecified atom stereocenters. The normalized spacial score (nSPS) is 17.6. The Balaban J connectivity index is 1.31. The topological polar surface area (TPSA) is 132 Å². The van der Waals surface area contributed by atoms with Gasteiger partial charge in [0.2, 0.25) is 11.8 Å². The zero-order valence-corrected chi connectivity index (χ0v) is 21.8. The monoisotopic (exact) mass is 568 g/mol. The van der Waals surface area contributed by atoms with E-state index in [1.54, 1.807) is 16.9 Å². The van der Waals surface area contributed by atoms with Crippen LogP contribution in [-0.2, 0) is 20.1 Å². The van der Waals surface area contributed by atoms with E-state index in [2.05, 4.69) is 35.8 Å². The molecule has 39 heavy (non-hydrogen) atoms. The third-order valence-corrected chi connectivity index (χ3v) is 6.73. The summed E-state index contributed by atoms with van der Waals surface area (Å²) in [6.45, 7) is 0.992. The Hall–Kier alpha value is -3.65. The van der Waals surface area contributed by atoms with Gasteiger partial charge in [0, 0.05) is 44.5 Å². The van der Waals surface area contributed by atoms with Crippen LogP contribution in [0.2, 0.25) is 5.02 Å². The largest absolute Gasteiger partial charge is 0.573 e. The minimum absolute atomic E-state index is 0.0333. The number of rotatable bonds is 11. The SMILES string of the molecule is Cn1cc(Cl)c(CN[C@H]2CC[C@H](CNc3nc(NCc4ccccc4OC(F)(F)F)ncc3[N+](=O)[O-])CC2)n1. The number of benzene rings is 1. The molecule has 0 saturated heterocycles. The van der Waals surface area contributed by atoms with Crippen LogP contribution < -0.4 is 20.7 Å². The number of hydrogen-bond donors (Lipinski definition) is 3. The summed E-state index contributed by atoms with van der Waals surface area (Å²) in [5, 5.41) is 25.9. The summed E-state index contributed by atoms with van der Waals surface area (Å²) in [7, 11) is 1.82. The number of alkyl halides is 3. The van der Waals surface area contributed by atoms with Crippen molar-refractivity contribution in [2.45, 2.75) is 51.2 Å². The number of nitrogens with one attached hydrogen (secondary N) is 3. The summed E-state index contributed by atoms with van der Waals surface area (Å²) < 4.78 is 43.8. The number of nitro groups is 1. The molecule has 11 nitrogen and oxygen atoms in total. The number of halogens is 4. The van der Waals surface area contributed by atoms with E-state index < -0.39 is 11.3 Å². The van der Waals surface area contributed by atoms with E-state index in [1.165, 1.54) is 18.2 Å². The summed E-state index contributed by atoms with van der Waals surface area (Å²) in [4.78, 5) is 19.1. The van der Waals surface area contributed by atoms with Crippen molar-refractivity contribution in [2.24, 2.45) is 13.0 Å². The fourth-order valence-electron chi connectivity index (χ4n) is 4.45. The molecule has 3 aromatic rings. The lowest BCUT2D eigenvalue weighted by Crippen LogP contribution is -2.34. The molecular formula is C24H28ClF3N8O3. The van der Waals surface area contributed by atoms with Gasteiger partial charge in [-0.15, -0.1) is 13.2 Å². The van der Waals surface area contributed by atoms with Gasteiger partial charge in [0.15, 0.2) is 0 Å². The molecule has 1 aliphatic rings. The first-order valence-electron chi connectivity index (χ1n) is 12.3. The van der Waals surface area contributed by atoms with Gasteiger partial charge < -0.3 is 20.7 Å². The molecule has 1 fully saturated rings. The zero-order chi connectivity index (χ0) is 28.0. The number of aryl methyl sites for hydroxylation is 1. The third kappa shape index (κ3) is 8.17. The van der Waals surface area contributed by atoms with Crippen molar-refractivity contribution >= 4 is 29.1 Å². The molecule has 0 bridgehead atoms. The maximum atomic E-state index is 12.7. The Kier molecular flexibility index (Phi) is 9.07. The predicted octanol–water partition coefficient (Wildman–Crippen LogP) is 5.04. The second-order valence-corrected chi connectivity index (χ2v) is 9.68. The fraction of sp³-hybridized carbons (Fsp3) is 0.458. The summed E-state index contributed by atoms with van der Waals surface area (Å²) in [5.74, 6) is 0.0122. The zero-order valence-electron chi connectivity index (χ0n) is 21.0. The van der Waals surface area contributed by atoms with Gasteiger partial charge in [-0.3, -0.25) is 14.8 Å². The molecule has 4 rings (SSSR count). The van der Waals surface area contributed by atoms with Crippen LogP contribution in [0.25, 0.3) is 0 Å². The third-order valence-electron chi connectivity index (χ3n) is 6.42. The standard InChI is InChI=1S/C24H28ClF3N8O3/c1-35-14-18(25)19(34-35)12-29-17-8-6-15(7-9-17)10-30-22-20(36(37)38)13-32-23(33-22)31-11-16-4-2-3-5-21(16)39-24(26,27)28/h2-5,13-15,17,29H,6-12H2,1H3,(H2,30,31,32,33)/t15-,17-. The molecule has 0 radical (unpaired) electrons. The summed E-state index contributed by atoms with van der Waals surface area (Å²) >= 11 is 6.17. The Labute approximate surface area is 227 Å². The Morgan fingerprint density at radius 3 is 2.59 bits per heavy atom. The van der Waals surface area contributed by atoms with Gasteiger partial charge in [-0.25, -0.2) is 4.98 Å². The van der Waals surface area contributed by atoms with Crippen LogP contribution in [0, 0.1) is 16.0 Å². The van der Waals surface area contributed by atoms with Crippen molar-refractivity contribution in [3.63, 3.8) is 0 Å². The van der Waals surface area contributed by atoms with E-state index in [0.717, 1.165) is 37.6 Å². The predicted molar refractivity (Wildman–Crippen MR) is 138 cm³/mol. The summed E-state index contributed by atoms with van der Waals surface area (Å²) in [6.07, 6.45) is 1.71. The first kappa shape index (κ1) is 28.4. The van der Waals surface area contributed by atoms with Gasteiger partial charge in [0.1, 0.15) is 11.9 Å². The smallest absolute Gasteiger partial charge is 0.405 e. The maximum Gasteiger partial charge on any atom is 0.573 e. The van der Waals surface area contributed by atoms with Gasteiger partial charge in [-0.2, -0.15) is 10.1 Å². The number of aromatic nitrogens is 4. The van der Waals surface area contributed by atoms with Gasteiger partial charge >= 0.3 is 12.0 Å². The van der Waals surface area contributed by atoms with E-state index in [1.807, 2.05) is 7.05 Å². The van der Waals surface area contributed by atoms with E-state index in [0.29, 0.717) is 30.1 Å². The van der Waals surface area contributed by atoms with Gasteiger partial charge in [0.25, 0.3) is 0 Å². The van der Waals surface area contributed by atoms with Gasteiger partial charge in [-0.1, -0.05) is 29.8 Å². The molecule has 1 saturated carbocycles. The second kappa shape index (κ2) is 12.5.